The van der Waals surface area contributed by atoms with E-state index in [1.807, 2.05) is 0 Å². The van der Waals surface area contributed by atoms with Crippen molar-refractivity contribution in [3.63, 3.8) is 0 Å². The third-order valence-electron chi connectivity index (χ3n) is 5.55. The molecule has 0 unspecified atom stereocenters. The van der Waals surface area contributed by atoms with Crippen LogP contribution >= 0.6 is 0 Å². The number of hydrogen-bond acceptors (Lipinski definition) is 4. The molecule has 0 fully saturated rings. The topological polar surface area (TPSA) is 47.9 Å². The number of carbonyl (C=O) groups is 1. The lowest BCUT2D eigenvalue weighted by Crippen LogP contribution is -2.08. The maximum absolute atomic E-state index is 13.2. The summed E-state index contributed by atoms with van der Waals surface area (Å²) in [5.74, 6) is -0.0381. The molecule has 0 N–H and O–H groups in total. The van der Waals surface area contributed by atoms with Gasteiger partial charge in [-0.15, -0.1) is 0 Å². The van der Waals surface area contributed by atoms with E-state index in [0.717, 1.165) is 25.0 Å². The lowest BCUT2D eigenvalue weighted by Gasteiger charge is -2.09. The fourth-order valence-electron chi connectivity index (χ4n) is 3.68. The second kappa shape index (κ2) is 12.4. The number of esters is 1. The van der Waals surface area contributed by atoms with Crippen LogP contribution in [0.3, 0.4) is 0 Å². The molecule has 3 rings (SSSR count). The summed E-state index contributed by atoms with van der Waals surface area (Å²) in [7, 11) is 0. The van der Waals surface area contributed by atoms with Crippen molar-refractivity contribution >= 4 is 17.9 Å². The van der Waals surface area contributed by atoms with Gasteiger partial charge >= 0.3 is 12.1 Å². The van der Waals surface area contributed by atoms with Crippen molar-refractivity contribution in [1.29, 1.82) is 0 Å². The van der Waals surface area contributed by atoms with Crippen LogP contribution < -0.4 is 4.74 Å². The number of rotatable bonds is 12. The van der Waals surface area contributed by atoms with Crippen LogP contribution in [0, 0.1) is 0 Å². The molecule has 0 bridgehead atoms. The first-order chi connectivity index (χ1) is 16.4. The van der Waals surface area contributed by atoms with E-state index in [-0.39, 0.29) is 17.2 Å². The van der Waals surface area contributed by atoms with Gasteiger partial charge in [0.1, 0.15) is 5.75 Å². The standard InChI is InChI=1S/C27H30F3NO3/c1-2-3-4-5-6-7-8-11-18-33-22-16-14-20(15-17-22)25-31-24(26(32)34-25)19-21-12-9-10-13-23(21)27(28,29)30/h9-10,12-17,19H,2-8,11,18H2,1H3. The van der Waals surface area contributed by atoms with E-state index in [1.165, 1.54) is 56.7 Å². The van der Waals surface area contributed by atoms with Crippen LogP contribution in [0.5, 0.6) is 5.75 Å². The fraction of sp³-hybridized carbons (Fsp3) is 0.407. The van der Waals surface area contributed by atoms with E-state index in [4.69, 9.17) is 9.47 Å². The summed E-state index contributed by atoms with van der Waals surface area (Å²) < 4.78 is 50.6. The SMILES string of the molecule is CCCCCCCCCCOc1ccc(C2=NC(=Cc3ccccc3C(F)(F)F)C(=O)O2)cc1. The summed E-state index contributed by atoms with van der Waals surface area (Å²) in [6.45, 7) is 2.85. The van der Waals surface area contributed by atoms with Crippen molar-refractivity contribution in [3.8, 4) is 5.75 Å². The van der Waals surface area contributed by atoms with Gasteiger partial charge in [0.2, 0.25) is 5.90 Å². The molecule has 7 heteroatoms. The van der Waals surface area contributed by atoms with Gasteiger partial charge in [-0.25, -0.2) is 9.79 Å². The van der Waals surface area contributed by atoms with Gasteiger partial charge in [0.15, 0.2) is 5.70 Å². The molecular formula is C27H30F3NO3. The highest BCUT2D eigenvalue weighted by molar-refractivity contribution is 6.12. The minimum Gasteiger partial charge on any atom is -0.494 e. The Morgan fingerprint density at radius 2 is 1.56 bits per heavy atom. The molecule has 0 saturated heterocycles. The molecule has 182 valence electrons. The second-order valence-corrected chi connectivity index (χ2v) is 8.27. The summed E-state index contributed by atoms with van der Waals surface area (Å²) in [5, 5.41) is 0. The Kier molecular flexibility index (Phi) is 9.31. The Labute approximate surface area is 198 Å². The average Bonchev–Trinajstić information content (AvgIpc) is 3.18. The first kappa shape index (κ1) is 25.5. The molecule has 1 heterocycles. The van der Waals surface area contributed by atoms with Gasteiger partial charge in [0.05, 0.1) is 12.2 Å². The predicted octanol–water partition coefficient (Wildman–Crippen LogP) is 7.57. The van der Waals surface area contributed by atoms with Crippen molar-refractivity contribution in [1.82, 2.24) is 0 Å². The fourth-order valence-corrected chi connectivity index (χ4v) is 3.68. The number of nitrogens with zero attached hydrogens (tertiary/aromatic N) is 1. The van der Waals surface area contributed by atoms with Crippen LogP contribution in [0.2, 0.25) is 0 Å². The number of benzene rings is 2. The lowest BCUT2D eigenvalue weighted by atomic mass is 10.1. The number of cyclic esters (lactones) is 1. The van der Waals surface area contributed by atoms with E-state index in [9.17, 15) is 18.0 Å². The molecule has 34 heavy (non-hydrogen) atoms. The van der Waals surface area contributed by atoms with Gasteiger partial charge in [-0.3, -0.25) is 0 Å². The normalized spacial score (nSPS) is 14.9. The summed E-state index contributed by atoms with van der Waals surface area (Å²) in [6.07, 6.45) is 6.39. The van der Waals surface area contributed by atoms with Crippen molar-refractivity contribution < 1.29 is 27.4 Å². The quantitative estimate of drug-likeness (QED) is 0.181. The Balaban J connectivity index is 1.54. The molecule has 0 aliphatic carbocycles. The van der Waals surface area contributed by atoms with Crippen LogP contribution in [0.25, 0.3) is 6.08 Å². The maximum atomic E-state index is 13.2. The van der Waals surface area contributed by atoms with Crippen LogP contribution in [-0.4, -0.2) is 18.5 Å². The highest BCUT2D eigenvalue weighted by atomic mass is 19.4. The van der Waals surface area contributed by atoms with E-state index < -0.39 is 17.7 Å². The molecule has 0 amide bonds. The van der Waals surface area contributed by atoms with Crippen molar-refractivity contribution in [3.05, 3.63) is 70.9 Å². The average molecular weight is 474 g/mol. The maximum Gasteiger partial charge on any atom is 0.416 e. The van der Waals surface area contributed by atoms with E-state index in [2.05, 4.69) is 11.9 Å². The zero-order valence-electron chi connectivity index (χ0n) is 19.4. The van der Waals surface area contributed by atoms with Crippen LogP contribution in [0.1, 0.15) is 75.0 Å². The predicted molar refractivity (Wildman–Crippen MR) is 127 cm³/mol. The molecule has 0 radical (unpaired) electrons. The molecular weight excluding hydrogens is 443 g/mol. The van der Waals surface area contributed by atoms with Gasteiger partial charge in [-0.2, -0.15) is 13.2 Å². The molecule has 4 nitrogen and oxygen atoms in total. The van der Waals surface area contributed by atoms with Gasteiger partial charge in [0, 0.05) is 5.56 Å². The monoisotopic (exact) mass is 473 g/mol. The zero-order valence-corrected chi connectivity index (χ0v) is 19.4. The molecule has 2 aromatic carbocycles. The highest BCUT2D eigenvalue weighted by Crippen LogP contribution is 2.33. The van der Waals surface area contributed by atoms with Gasteiger partial charge < -0.3 is 9.47 Å². The molecule has 2 aromatic rings. The molecule has 0 saturated carbocycles. The summed E-state index contributed by atoms with van der Waals surface area (Å²) >= 11 is 0. The smallest absolute Gasteiger partial charge is 0.416 e. The first-order valence-electron chi connectivity index (χ1n) is 11.8. The van der Waals surface area contributed by atoms with Gasteiger partial charge in [-0.05, 0) is 48.4 Å². The zero-order chi connectivity index (χ0) is 24.4. The Hall–Kier alpha value is -3.09. The third-order valence-corrected chi connectivity index (χ3v) is 5.55. The van der Waals surface area contributed by atoms with Gasteiger partial charge in [-0.1, -0.05) is 70.1 Å². The number of alkyl halides is 3. The minimum atomic E-state index is -4.53. The molecule has 0 atom stereocenters. The summed E-state index contributed by atoms with van der Waals surface area (Å²) in [4.78, 5) is 16.3. The van der Waals surface area contributed by atoms with Gasteiger partial charge in [0.25, 0.3) is 0 Å². The Morgan fingerprint density at radius 1 is 0.912 bits per heavy atom. The molecule has 0 aromatic heterocycles. The molecule has 1 aliphatic rings. The largest absolute Gasteiger partial charge is 0.494 e. The molecule has 0 spiro atoms. The second-order valence-electron chi connectivity index (χ2n) is 8.27. The van der Waals surface area contributed by atoms with E-state index >= 15 is 0 Å². The highest BCUT2D eigenvalue weighted by Gasteiger charge is 2.33. The summed E-state index contributed by atoms with van der Waals surface area (Å²) in [6, 6.07) is 12.0. The first-order valence-corrected chi connectivity index (χ1v) is 11.8. The van der Waals surface area contributed by atoms with Crippen LogP contribution in [0.4, 0.5) is 13.2 Å². The summed E-state index contributed by atoms with van der Waals surface area (Å²) in [5.41, 5.74) is -0.615. The van der Waals surface area contributed by atoms with Crippen LogP contribution in [0.15, 0.2) is 59.2 Å². The Bertz CT molecular complexity index is 1010. The minimum absolute atomic E-state index is 0.0513. The van der Waals surface area contributed by atoms with Crippen molar-refractivity contribution in [2.24, 2.45) is 4.99 Å². The number of unbranched alkanes of at least 4 members (excludes halogenated alkanes) is 7. The third kappa shape index (κ3) is 7.47. The van der Waals surface area contributed by atoms with Crippen molar-refractivity contribution in [2.45, 2.75) is 64.5 Å². The van der Waals surface area contributed by atoms with E-state index in [1.54, 1.807) is 24.3 Å². The van der Waals surface area contributed by atoms with E-state index in [0.29, 0.717) is 17.9 Å². The molecule has 1 aliphatic heterocycles. The Morgan fingerprint density at radius 3 is 2.24 bits per heavy atom. The van der Waals surface area contributed by atoms with Crippen LogP contribution in [-0.2, 0) is 15.7 Å². The number of carbonyl (C=O) groups excluding carboxylic acids is 1. The lowest BCUT2D eigenvalue weighted by molar-refractivity contribution is -0.137. The van der Waals surface area contributed by atoms with Crippen molar-refractivity contribution in [2.75, 3.05) is 6.61 Å². The number of aliphatic imine (C=N–C) groups is 1. The number of hydrogen-bond donors (Lipinski definition) is 0. The number of ether oxygens (including phenoxy) is 2. The number of halogens is 3.